The fourth-order valence-electron chi connectivity index (χ4n) is 1.67. The Balaban J connectivity index is 2.13. The summed E-state index contributed by atoms with van der Waals surface area (Å²) in [5.41, 5.74) is 2.40. The molecular weight excluding hydrogens is 296 g/mol. The van der Waals surface area contributed by atoms with E-state index in [9.17, 15) is 0 Å². The first-order chi connectivity index (χ1) is 8.76. The monoisotopic (exact) mass is 304 g/mol. The van der Waals surface area contributed by atoms with Crippen LogP contribution in [0.3, 0.4) is 0 Å². The molecule has 0 fully saturated rings. The number of rotatable bonds is 2. The summed E-state index contributed by atoms with van der Waals surface area (Å²) < 4.78 is 5.98. The van der Waals surface area contributed by atoms with Crippen LogP contribution in [0.4, 0.5) is 0 Å². The SMILES string of the molecule is COc1ccc2[nH]c(-c3cncc(Br)c3)nc2n1. The zero-order valence-electron chi connectivity index (χ0n) is 9.51. The first-order valence-corrected chi connectivity index (χ1v) is 6.07. The summed E-state index contributed by atoms with van der Waals surface area (Å²) >= 11 is 3.39. The molecule has 18 heavy (non-hydrogen) atoms. The van der Waals surface area contributed by atoms with E-state index < -0.39 is 0 Å². The van der Waals surface area contributed by atoms with Crippen molar-refractivity contribution >= 4 is 27.1 Å². The zero-order valence-corrected chi connectivity index (χ0v) is 11.1. The van der Waals surface area contributed by atoms with Crippen LogP contribution in [-0.4, -0.2) is 27.0 Å². The van der Waals surface area contributed by atoms with Crippen LogP contribution in [0.15, 0.2) is 35.1 Å². The number of aromatic nitrogens is 4. The number of ether oxygens (including phenoxy) is 1. The van der Waals surface area contributed by atoms with Crippen LogP contribution in [0.1, 0.15) is 0 Å². The number of aromatic amines is 1. The van der Waals surface area contributed by atoms with Gasteiger partial charge in [-0.2, -0.15) is 4.98 Å². The lowest BCUT2D eigenvalue weighted by Crippen LogP contribution is -1.86. The van der Waals surface area contributed by atoms with Gasteiger partial charge in [0.05, 0.1) is 12.6 Å². The van der Waals surface area contributed by atoms with Gasteiger partial charge < -0.3 is 9.72 Å². The molecule has 1 N–H and O–H groups in total. The maximum atomic E-state index is 5.07. The average molecular weight is 305 g/mol. The maximum absolute atomic E-state index is 5.07. The first kappa shape index (κ1) is 11.2. The van der Waals surface area contributed by atoms with E-state index in [0.29, 0.717) is 11.5 Å². The second kappa shape index (κ2) is 4.38. The highest BCUT2D eigenvalue weighted by Gasteiger charge is 2.07. The van der Waals surface area contributed by atoms with Gasteiger partial charge in [0.15, 0.2) is 5.65 Å². The van der Waals surface area contributed by atoms with Crippen LogP contribution in [0, 0.1) is 0 Å². The molecule has 0 bridgehead atoms. The Hall–Kier alpha value is -1.95. The number of halogens is 1. The number of H-pyrrole nitrogens is 1. The van der Waals surface area contributed by atoms with Gasteiger partial charge in [-0.25, -0.2) is 4.98 Å². The minimum Gasteiger partial charge on any atom is -0.481 e. The third kappa shape index (κ3) is 1.95. The predicted molar refractivity (Wildman–Crippen MR) is 71.4 cm³/mol. The van der Waals surface area contributed by atoms with E-state index in [0.717, 1.165) is 21.4 Å². The van der Waals surface area contributed by atoms with Crippen molar-refractivity contribution in [3.8, 4) is 17.3 Å². The molecule has 0 spiro atoms. The van der Waals surface area contributed by atoms with Gasteiger partial charge in [-0.1, -0.05) is 0 Å². The van der Waals surface area contributed by atoms with Gasteiger partial charge in [0, 0.05) is 28.5 Å². The van der Waals surface area contributed by atoms with E-state index in [1.165, 1.54) is 0 Å². The fraction of sp³-hybridized carbons (Fsp3) is 0.0833. The lowest BCUT2D eigenvalue weighted by Gasteiger charge is -1.95. The van der Waals surface area contributed by atoms with Gasteiger partial charge in [0.25, 0.3) is 0 Å². The van der Waals surface area contributed by atoms with Crippen LogP contribution in [-0.2, 0) is 0 Å². The van der Waals surface area contributed by atoms with Gasteiger partial charge in [0.2, 0.25) is 5.88 Å². The lowest BCUT2D eigenvalue weighted by atomic mass is 10.3. The lowest BCUT2D eigenvalue weighted by molar-refractivity contribution is 0.399. The predicted octanol–water partition coefficient (Wildman–Crippen LogP) is 2.79. The number of hydrogen-bond acceptors (Lipinski definition) is 4. The number of nitrogens with zero attached hydrogens (tertiary/aromatic N) is 3. The highest BCUT2D eigenvalue weighted by atomic mass is 79.9. The zero-order chi connectivity index (χ0) is 12.5. The molecule has 0 saturated heterocycles. The molecule has 3 aromatic heterocycles. The fourth-order valence-corrected chi connectivity index (χ4v) is 2.03. The molecule has 3 aromatic rings. The molecule has 0 atom stereocenters. The first-order valence-electron chi connectivity index (χ1n) is 5.28. The van der Waals surface area contributed by atoms with Gasteiger partial charge in [-0.05, 0) is 28.1 Å². The molecular formula is C12H9BrN4O. The Morgan fingerprint density at radius 1 is 1.22 bits per heavy atom. The second-order valence-electron chi connectivity index (χ2n) is 3.70. The summed E-state index contributed by atoms with van der Waals surface area (Å²) in [6.45, 7) is 0. The minimum absolute atomic E-state index is 0.549. The molecule has 90 valence electrons. The van der Waals surface area contributed by atoms with Crippen molar-refractivity contribution in [2.24, 2.45) is 0 Å². The van der Waals surface area contributed by atoms with Gasteiger partial charge >= 0.3 is 0 Å². The summed E-state index contributed by atoms with van der Waals surface area (Å²) in [5, 5.41) is 0. The van der Waals surface area contributed by atoms with Crippen LogP contribution >= 0.6 is 15.9 Å². The molecule has 0 aliphatic rings. The van der Waals surface area contributed by atoms with Gasteiger partial charge in [0.1, 0.15) is 5.82 Å². The van der Waals surface area contributed by atoms with Crippen molar-refractivity contribution in [2.45, 2.75) is 0 Å². The summed E-state index contributed by atoms with van der Waals surface area (Å²) in [6.07, 6.45) is 3.48. The number of methoxy groups -OCH3 is 1. The van der Waals surface area contributed by atoms with Gasteiger partial charge in [-0.3, -0.25) is 4.98 Å². The standard InChI is InChI=1S/C12H9BrN4O/c1-18-10-3-2-9-12(16-10)17-11(15-9)7-4-8(13)6-14-5-7/h2-6H,1H3,(H,15,16,17). The average Bonchev–Trinajstić information content (AvgIpc) is 2.81. The van der Waals surface area contributed by atoms with Crippen molar-refractivity contribution < 1.29 is 4.74 Å². The Bertz CT molecular complexity index is 710. The summed E-state index contributed by atoms with van der Waals surface area (Å²) in [5.74, 6) is 1.28. The highest BCUT2D eigenvalue weighted by Crippen LogP contribution is 2.22. The van der Waals surface area contributed by atoms with E-state index in [2.05, 4.69) is 35.9 Å². The van der Waals surface area contributed by atoms with E-state index in [1.54, 1.807) is 25.6 Å². The quantitative estimate of drug-likeness (QED) is 0.791. The maximum Gasteiger partial charge on any atom is 0.215 e. The van der Waals surface area contributed by atoms with Crippen LogP contribution in [0.5, 0.6) is 5.88 Å². The molecule has 0 aromatic carbocycles. The molecule has 3 heterocycles. The Morgan fingerprint density at radius 2 is 2.11 bits per heavy atom. The smallest absolute Gasteiger partial charge is 0.215 e. The van der Waals surface area contributed by atoms with Crippen LogP contribution in [0.2, 0.25) is 0 Å². The van der Waals surface area contributed by atoms with Crippen molar-refractivity contribution in [1.82, 2.24) is 19.9 Å². The largest absolute Gasteiger partial charge is 0.481 e. The Labute approximate surface area is 111 Å². The Morgan fingerprint density at radius 3 is 2.89 bits per heavy atom. The molecule has 0 amide bonds. The van der Waals surface area contributed by atoms with Crippen LogP contribution < -0.4 is 4.74 Å². The molecule has 6 heteroatoms. The highest BCUT2D eigenvalue weighted by molar-refractivity contribution is 9.10. The van der Waals surface area contributed by atoms with Crippen molar-refractivity contribution in [1.29, 1.82) is 0 Å². The molecule has 0 saturated carbocycles. The summed E-state index contributed by atoms with van der Waals surface area (Å²) in [7, 11) is 1.58. The van der Waals surface area contributed by atoms with E-state index in [4.69, 9.17) is 4.74 Å². The molecule has 5 nitrogen and oxygen atoms in total. The molecule has 0 aliphatic heterocycles. The topological polar surface area (TPSA) is 63.7 Å². The second-order valence-corrected chi connectivity index (χ2v) is 4.62. The number of imidazole rings is 1. The van der Waals surface area contributed by atoms with E-state index >= 15 is 0 Å². The molecule has 0 unspecified atom stereocenters. The molecule has 0 radical (unpaired) electrons. The van der Waals surface area contributed by atoms with E-state index in [1.807, 2.05) is 12.1 Å². The number of fused-ring (bicyclic) bond motifs is 1. The summed E-state index contributed by atoms with van der Waals surface area (Å²) in [4.78, 5) is 16.0. The number of hydrogen-bond donors (Lipinski definition) is 1. The Kier molecular flexibility index (Phi) is 2.71. The third-order valence-corrected chi connectivity index (χ3v) is 2.94. The van der Waals surface area contributed by atoms with Crippen molar-refractivity contribution in [2.75, 3.05) is 7.11 Å². The third-order valence-electron chi connectivity index (χ3n) is 2.51. The molecule has 3 rings (SSSR count). The normalized spacial score (nSPS) is 10.8. The van der Waals surface area contributed by atoms with Gasteiger partial charge in [-0.15, -0.1) is 0 Å². The van der Waals surface area contributed by atoms with Crippen molar-refractivity contribution in [3.63, 3.8) is 0 Å². The number of pyridine rings is 2. The minimum atomic E-state index is 0.549. The molecule has 0 aliphatic carbocycles. The van der Waals surface area contributed by atoms with E-state index in [-0.39, 0.29) is 0 Å². The van der Waals surface area contributed by atoms with Crippen LogP contribution in [0.25, 0.3) is 22.6 Å². The van der Waals surface area contributed by atoms with Crippen molar-refractivity contribution in [3.05, 3.63) is 35.1 Å². The summed E-state index contributed by atoms with van der Waals surface area (Å²) in [6, 6.07) is 5.63. The number of nitrogens with one attached hydrogen (secondary N) is 1.